The number of fused-ring (bicyclic) bond motifs is 1. The van der Waals surface area contributed by atoms with E-state index in [4.69, 9.17) is 0 Å². The molecule has 0 N–H and O–H groups in total. The fourth-order valence-corrected chi connectivity index (χ4v) is 4.21. The van der Waals surface area contributed by atoms with Crippen LogP contribution in [0, 0.1) is 0 Å². The molecule has 1 amide bonds. The predicted octanol–water partition coefficient (Wildman–Crippen LogP) is 2.89. The molecule has 14 heteroatoms. The zero-order valence-electron chi connectivity index (χ0n) is 17.1. The Hall–Kier alpha value is -2.87. The van der Waals surface area contributed by atoms with E-state index in [0.29, 0.717) is 0 Å². The molecule has 0 bridgehead atoms. The fourth-order valence-electron chi connectivity index (χ4n) is 2.58. The number of hydrogen-bond acceptors (Lipinski definition) is 7. The summed E-state index contributed by atoms with van der Waals surface area (Å²) in [5.41, 5.74) is -1.41. The highest BCUT2D eigenvalue weighted by Crippen LogP contribution is 2.30. The van der Waals surface area contributed by atoms with Crippen molar-refractivity contribution in [2.75, 3.05) is 17.8 Å². The van der Waals surface area contributed by atoms with Crippen LogP contribution in [-0.4, -0.2) is 56.0 Å². The molecule has 0 fully saturated rings. The first-order valence-corrected chi connectivity index (χ1v) is 12.9. The fraction of sp³-hybridized carbons (Fsp3) is 0.333. The third-order valence-corrected chi connectivity index (χ3v) is 7.86. The lowest BCUT2D eigenvalue weighted by molar-refractivity contribution is -0.141. The minimum atomic E-state index is -4.67. The average Bonchev–Trinajstić information content (AvgIpc) is 3.15. The zero-order chi connectivity index (χ0) is 23.9. The highest BCUT2D eigenvalue weighted by atomic mass is 32.2. The van der Waals surface area contributed by atoms with E-state index in [2.05, 4.69) is 19.4 Å². The quantitative estimate of drug-likeness (QED) is 0.540. The Morgan fingerprint density at radius 3 is 2.38 bits per heavy atom. The summed E-state index contributed by atoms with van der Waals surface area (Å²) in [6, 6.07) is 1.78. The molecule has 0 radical (unpaired) electrons. The van der Waals surface area contributed by atoms with Crippen LogP contribution >= 0.6 is 0 Å². The van der Waals surface area contributed by atoms with Crippen LogP contribution in [0.5, 0.6) is 0 Å². The second-order valence-electron chi connectivity index (χ2n) is 6.79. The Morgan fingerprint density at radius 1 is 1.09 bits per heavy atom. The third kappa shape index (κ3) is 4.80. The summed E-state index contributed by atoms with van der Waals surface area (Å²) in [7, 11) is -6.72. The molecule has 0 saturated carbocycles. The van der Waals surface area contributed by atoms with Crippen LogP contribution in [0.4, 0.5) is 13.2 Å². The topological polar surface area (TPSA) is 124 Å². The van der Waals surface area contributed by atoms with Gasteiger partial charge in [-0.25, -0.2) is 22.3 Å². The van der Waals surface area contributed by atoms with Crippen molar-refractivity contribution >= 4 is 36.4 Å². The van der Waals surface area contributed by atoms with Gasteiger partial charge in [-0.2, -0.15) is 22.6 Å². The molecular weight excluding hydrogens is 471 g/mol. The van der Waals surface area contributed by atoms with E-state index < -0.39 is 37.3 Å². The van der Waals surface area contributed by atoms with Crippen molar-refractivity contribution in [2.45, 2.75) is 24.9 Å². The van der Waals surface area contributed by atoms with Crippen LogP contribution in [0.1, 0.15) is 29.9 Å². The van der Waals surface area contributed by atoms with Gasteiger partial charge in [0.2, 0.25) is 0 Å². The van der Waals surface area contributed by atoms with E-state index in [1.807, 2.05) is 0 Å². The van der Waals surface area contributed by atoms with Crippen LogP contribution in [0.2, 0.25) is 0 Å². The molecule has 0 aliphatic carbocycles. The summed E-state index contributed by atoms with van der Waals surface area (Å²) in [5.74, 6) is -1.31. The number of pyridine rings is 2. The van der Waals surface area contributed by atoms with Crippen molar-refractivity contribution in [3.8, 4) is 5.82 Å². The molecular formula is C18H18F3N5O4S2. The van der Waals surface area contributed by atoms with Gasteiger partial charge in [0.1, 0.15) is 10.6 Å². The van der Waals surface area contributed by atoms with E-state index >= 15 is 0 Å². The Kier molecular flexibility index (Phi) is 6.12. The largest absolute Gasteiger partial charge is 0.433 e. The summed E-state index contributed by atoms with van der Waals surface area (Å²) in [4.78, 5) is 19.4. The van der Waals surface area contributed by atoms with Gasteiger partial charge in [0.05, 0.1) is 26.6 Å². The number of amides is 1. The Balaban J connectivity index is 2.19. The third-order valence-electron chi connectivity index (χ3n) is 4.50. The summed E-state index contributed by atoms with van der Waals surface area (Å²) in [5, 5.41) is 4.23. The molecule has 0 aliphatic rings. The van der Waals surface area contributed by atoms with Gasteiger partial charge >= 0.3 is 6.18 Å². The molecule has 1 atom stereocenters. The second-order valence-corrected chi connectivity index (χ2v) is 11.7. The Bertz CT molecular complexity index is 1440. The number of carbonyl (C=O) groups excluding carboxylic acids is 1. The van der Waals surface area contributed by atoms with Crippen LogP contribution in [0.25, 0.3) is 16.7 Å². The van der Waals surface area contributed by atoms with Gasteiger partial charge in [-0.15, -0.1) is 0 Å². The number of sulfone groups is 1. The van der Waals surface area contributed by atoms with E-state index in [1.165, 1.54) is 19.4 Å². The lowest BCUT2D eigenvalue weighted by Gasteiger charge is -2.10. The van der Waals surface area contributed by atoms with E-state index in [1.54, 1.807) is 6.92 Å². The van der Waals surface area contributed by atoms with Gasteiger partial charge in [-0.3, -0.25) is 9.78 Å². The SMILES string of the molecule is CCS(=O)(=O)c1cc(C(=O)N=S(C)(=O)CC)cnc1-n1cc2cnc(C(F)(F)F)cc2n1. The van der Waals surface area contributed by atoms with Crippen LogP contribution < -0.4 is 0 Å². The molecule has 9 nitrogen and oxygen atoms in total. The molecule has 0 aromatic carbocycles. The first-order valence-electron chi connectivity index (χ1n) is 9.17. The van der Waals surface area contributed by atoms with Crippen LogP contribution in [-0.2, 0) is 25.7 Å². The molecule has 32 heavy (non-hydrogen) atoms. The molecule has 0 aliphatic heterocycles. The van der Waals surface area contributed by atoms with Gasteiger partial charge < -0.3 is 0 Å². The van der Waals surface area contributed by atoms with E-state index in [9.17, 15) is 30.6 Å². The second kappa shape index (κ2) is 8.24. The summed E-state index contributed by atoms with van der Waals surface area (Å²) < 4.78 is 80.9. The van der Waals surface area contributed by atoms with Gasteiger partial charge in [-0.1, -0.05) is 13.8 Å². The normalized spacial score (nSPS) is 14.3. The van der Waals surface area contributed by atoms with Gasteiger partial charge in [-0.05, 0) is 12.1 Å². The van der Waals surface area contributed by atoms with Crippen molar-refractivity contribution in [3.63, 3.8) is 0 Å². The average molecular weight is 490 g/mol. The van der Waals surface area contributed by atoms with Crippen molar-refractivity contribution < 1.29 is 30.6 Å². The molecule has 0 saturated heterocycles. The van der Waals surface area contributed by atoms with E-state index in [-0.39, 0.29) is 38.7 Å². The maximum absolute atomic E-state index is 12.9. The number of hydrogen-bond donors (Lipinski definition) is 0. The first kappa shape index (κ1) is 23.8. The number of nitrogens with zero attached hydrogens (tertiary/aromatic N) is 5. The predicted molar refractivity (Wildman–Crippen MR) is 111 cm³/mol. The van der Waals surface area contributed by atoms with Crippen molar-refractivity contribution in [2.24, 2.45) is 4.36 Å². The van der Waals surface area contributed by atoms with Gasteiger partial charge in [0, 0.05) is 36.0 Å². The van der Waals surface area contributed by atoms with Crippen molar-refractivity contribution in [1.29, 1.82) is 0 Å². The number of halogens is 3. The lowest BCUT2D eigenvalue weighted by Crippen LogP contribution is -2.13. The van der Waals surface area contributed by atoms with Crippen LogP contribution in [0.3, 0.4) is 0 Å². The van der Waals surface area contributed by atoms with E-state index in [0.717, 1.165) is 29.2 Å². The Labute approximate surface area is 181 Å². The molecule has 3 heterocycles. The van der Waals surface area contributed by atoms with Crippen molar-refractivity contribution in [3.05, 3.63) is 42.0 Å². The number of carbonyl (C=O) groups is 1. The number of rotatable bonds is 5. The minimum absolute atomic E-state index is 0.0715. The highest BCUT2D eigenvalue weighted by molar-refractivity contribution is 7.93. The summed E-state index contributed by atoms with van der Waals surface area (Å²) in [6.45, 7) is 2.97. The van der Waals surface area contributed by atoms with Crippen molar-refractivity contribution in [1.82, 2.24) is 19.7 Å². The number of aromatic nitrogens is 4. The molecule has 0 spiro atoms. The smallest absolute Gasteiger partial charge is 0.266 e. The molecule has 3 aromatic rings. The first-order chi connectivity index (χ1) is 14.8. The summed E-state index contributed by atoms with van der Waals surface area (Å²) >= 11 is 0. The lowest BCUT2D eigenvalue weighted by atomic mass is 10.2. The summed E-state index contributed by atoms with van der Waals surface area (Å²) in [6.07, 6.45) is -0.0764. The van der Waals surface area contributed by atoms with Gasteiger partial charge in [0.15, 0.2) is 15.7 Å². The highest BCUT2D eigenvalue weighted by Gasteiger charge is 2.33. The molecule has 1 unspecified atom stereocenters. The molecule has 172 valence electrons. The monoisotopic (exact) mass is 489 g/mol. The maximum Gasteiger partial charge on any atom is 0.433 e. The number of alkyl halides is 3. The molecule has 3 rings (SSSR count). The van der Waals surface area contributed by atoms with Crippen LogP contribution in [0.15, 0.2) is 40.0 Å². The molecule has 3 aromatic heterocycles. The Morgan fingerprint density at radius 2 is 1.78 bits per heavy atom. The maximum atomic E-state index is 12.9. The standard InChI is InChI=1S/C18H18F3N5O4S2/c1-4-31(3,28)25-17(27)11-6-14(32(29,30)5-2)16(23-8-11)26-10-12-9-22-15(18(19,20)21)7-13(12)24-26/h6-10H,4-5H2,1-3H3. The van der Waals surface area contributed by atoms with Gasteiger partial charge in [0.25, 0.3) is 5.91 Å². The minimum Gasteiger partial charge on any atom is -0.266 e. The zero-order valence-corrected chi connectivity index (χ0v) is 18.8.